The van der Waals surface area contributed by atoms with Crippen LogP contribution in [0.4, 0.5) is 0 Å². The molecule has 5 atom stereocenters. The number of hydrogen-bond donors (Lipinski definition) is 1. The summed E-state index contributed by atoms with van der Waals surface area (Å²) in [4.78, 5) is 2.66. The molecule has 2 rings (SSSR count). The first-order chi connectivity index (χ1) is 8.52. The van der Waals surface area contributed by atoms with Crippen LogP contribution in [0.1, 0.15) is 46.5 Å². The summed E-state index contributed by atoms with van der Waals surface area (Å²) in [7, 11) is 4.49. The Kier molecular flexibility index (Phi) is 4.71. The molecule has 0 aliphatic heterocycles. The molecule has 2 heteroatoms. The molecule has 0 aromatic heterocycles. The molecule has 0 heterocycles. The largest absolute Gasteiger partial charge is 0.315 e. The fourth-order valence-electron chi connectivity index (χ4n) is 3.77. The van der Waals surface area contributed by atoms with Crippen LogP contribution in [0.5, 0.6) is 0 Å². The summed E-state index contributed by atoms with van der Waals surface area (Å²) in [6, 6.07) is 1.46. The number of rotatable bonds is 5. The molecular formula is C16H32N2. The van der Waals surface area contributed by atoms with Gasteiger partial charge in [-0.1, -0.05) is 20.8 Å². The zero-order chi connectivity index (χ0) is 13.3. The second kappa shape index (κ2) is 5.92. The van der Waals surface area contributed by atoms with Gasteiger partial charge in [0.05, 0.1) is 0 Å². The van der Waals surface area contributed by atoms with Gasteiger partial charge < -0.3 is 10.2 Å². The fraction of sp³-hybridized carbons (Fsp3) is 1.00. The van der Waals surface area contributed by atoms with Crippen molar-refractivity contribution in [2.45, 2.75) is 58.5 Å². The third kappa shape index (κ3) is 3.27. The van der Waals surface area contributed by atoms with Gasteiger partial charge in [-0.2, -0.15) is 0 Å². The van der Waals surface area contributed by atoms with E-state index in [2.05, 4.69) is 45.1 Å². The van der Waals surface area contributed by atoms with Crippen molar-refractivity contribution in [3.8, 4) is 0 Å². The highest BCUT2D eigenvalue weighted by atomic mass is 15.2. The van der Waals surface area contributed by atoms with Crippen LogP contribution in [-0.4, -0.2) is 37.6 Å². The van der Waals surface area contributed by atoms with Gasteiger partial charge in [0, 0.05) is 18.6 Å². The molecule has 2 aliphatic carbocycles. The predicted molar refractivity (Wildman–Crippen MR) is 78.7 cm³/mol. The fourth-order valence-corrected chi connectivity index (χ4v) is 3.77. The summed E-state index contributed by atoms with van der Waals surface area (Å²) in [5, 5.41) is 3.56. The van der Waals surface area contributed by atoms with E-state index in [1.54, 1.807) is 0 Å². The van der Waals surface area contributed by atoms with Crippen molar-refractivity contribution in [1.82, 2.24) is 10.2 Å². The molecule has 2 fully saturated rings. The molecule has 0 aromatic rings. The maximum absolute atomic E-state index is 3.56. The zero-order valence-electron chi connectivity index (χ0n) is 12.9. The van der Waals surface area contributed by atoms with E-state index in [-0.39, 0.29) is 0 Å². The summed E-state index contributed by atoms with van der Waals surface area (Å²) in [6.45, 7) is 8.50. The minimum Gasteiger partial charge on any atom is -0.315 e. The van der Waals surface area contributed by atoms with Crippen molar-refractivity contribution in [2.75, 3.05) is 20.6 Å². The van der Waals surface area contributed by atoms with E-state index in [4.69, 9.17) is 0 Å². The molecule has 0 bridgehead atoms. The molecule has 0 spiro atoms. The first-order valence-corrected chi connectivity index (χ1v) is 7.90. The average molecular weight is 252 g/mol. The Morgan fingerprint density at radius 2 is 1.89 bits per heavy atom. The Morgan fingerprint density at radius 3 is 2.39 bits per heavy atom. The average Bonchev–Trinajstić information content (AvgIpc) is 3.03. The van der Waals surface area contributed by atoms with Gasteiger partial charge in [0.15, 0.2) is 0 Å². The van der Waals surface area contributed by atoms with Gasteiger partial charge in [0.1, 0.15) is 0 Å². The van der Waals surface area contributed by atoms with Gasteiger partial charge in [-0.3, -0.25) is 0 Å². The topological polar surface area (TPSA) is 15.3 Å². The van der Waals surface area contributed by atoms with Crippen LogP contribution >= 0.6 is 0 Å². The highest BCUT2D eigenvalue weighted by molar-refractivity contribution is 4.93. The van der Waals surface area contributed by atoms with E-state index in [0.29, 0.717) is 6.04 Å². The Hall–Kier alpha value is -0.0800. The quantitative estimate of drug-likeness (QED) is 0.809. The molecule has 5 unspecified atom stereocenters. The predicted octanol–water partition coefficient (Wildman–Crippen LogP) is 2.99. The Balaban J connectivity index is 1.92. The highest BCUT2D eigenvalue weighted by Gasteiger charge is 2.38. The molecular weight excluding hydrogens is 220 g/mol. The maximum atomic E-state index is 3.56. The second-order valence-electron chi connectivity index (χ2n) is 7.19. The van der Waals surface area contributed by atoms with Gasteiger partial charge in [0.25, 0.3) is 0 Å². The lowest BCUT2D eigenvalue weighted by Gasteiger charge is -2.42. The first-order valence-electron chi connectivity index (χ1n) is 7.90. The van der Waals surface area contributed by atoms with Gasteiger partial charge >= 0.3 is 0 Å². The van der Waals surface area contributed by atoms with Crippen molar-refractivity contribution in [1.29, 1.82) is 0 Å². The number of likely N-dealkylation sites (N-methyl/N-ethyl adjacent to an activating group) is 2. The monoisotopic (exact) mass is 252 g/mol. The van der Waals surface area contributed by atoms with Crippen molar-refractivity contribution < 1.29 is 0 Å². The van der Waals surface area contributed by atoms with Gasteiger partial charge in [-0.25, -0.2) is 0 Å². The van der Waals surface area contributed by atoms with Crippen molar-refractivity contribution in [2.24, 2.45) is 23.7 Å². The minimum atomic E-state index is 0.707. The summed E-state index contributed by atoms with van der Waals surface area (Å²) in [5.74, 6) is 3.73. The SMILES string of the molecule is CNC1CCC(C(C)C)CC1N(C)CC1CC1C. The Bertz CT molecular complexity index is 264. The summed E-state index contributed by atoms with van der Waals surface area (Å²) in [6.07, 6.45) is 5.61. The van der Waals surface area contributed by atoms with Gasteiger partial charge in [-0.15, -0.1) is 0 Å². The van der Waals surface area contributed by atoms with Crippen molar-refractivity contribution in [3.63, 3.8) is 0 Å². The van der Waals surface area contributed by atoms with Crippen LogP contribution in [0, 0.1) is 23.7 Å². The number of nitrogens with one attached hydrogen (secondary N) is 1. The lowest BCUT2D eigenvalue weighted by molar-refractivity contribution is 0.101. The van der Waals surface area contributed by atoms with Crippen molar-refractivity contribution >= 4 is 0 Å². The van der Waals surface area contributed by atoms with E-state index >= 15 is 0 Å². The van der Waals surface area contributed by atoms with E-state index in [0.717, 1.165) is 29.7 Å². The molecule has 0 amide bonds. The van der Waals surface area contributed by atoms with Crippen molar-refractivity contribution in [3.05, 3.63) is 0 Å². The third-order valence-corrected chi connectivity index (χ3v) is 5.54. The van der Waals surface area contributed by atoms with E-state index in [9.17, 15) is 0 Å². The summed E-state index contributed by atoms with van der Waals surface area (Å²) >= 11 is 0. The molecule has 106 valence electrons. The maximum Gasteiger partial charge on any atom is 0.0249 e. The van der Waals surface area contributed by atoms with Crippen LogP contribution in [-0.2, 0) is 0 Å². The lowest BCUT2D eigenvalue weighted by Crippen LogP contribution is -2.52. The summed E-state index contributed by atoms with van der Waals surface area (Å²) in [5.41, 5.74) is 0. The van der Waals surface area contributed by atoms with Crippen LogP contribution in [0.15, 0.2) is 0 Å². The Labute approximate surface area is 114 Å². The van der Waals surface area contributed by atoms with Crippen LogP contribution in [0.2, 0.25) is 0 Å². The smallest absolute Gasteiger partial charge is 0.0249 e. The molecule has 0 aromatic carbocycles. The van der Waals surface area contributed by atoms with Crippen LogP contribution in [0.3, 0.4) is 0 Å². The van der Waals surface area contributed by atoms with E-state index in [1.165, 1.54) is 32.2 Å². The minimum absolute atomic E-state index is 0.707. The Morgan fingerprint density at radius 1 is 1.22 bits per heavy atom. The molecule has 0 radical (unpaired) electrons. The molecule has 2 saturated carbocycles. The lowest BCUT2D eigenvalue weighted by atomic mass is 9.76. The second-order valence-corrected chi connectivity index (χ2v) is 7.19. The standard InChI is InChI=1S/C16H32N2/c1-11(2)13-6-7-15(17-4)16(9-13)18(5)10-14-8-12(14)3/h11-17H,6-10H2,1-5H3. The normalized spacial score (nSPS) is 40.5. The third-order valence-electron chi connectivity index (χ3n) is 5.54. The number of nitrogens with zero attached hydrogens (tertiary/aromatic N) is 1. The highest BCUT2D eigenvalue weighted by Crippen LogP contribution is 2.40. The van der Waals surface area contributed by atoms with Crippen LogP contribution in [0.25, 0.3) is 0 Å². The molecule has 18 heavy (non-hydrogen) atoms. The summed E-state index contributed by atoms with van der Waals surface area (Å²) < 4.78 is 0. The van der Waals surface area contributed by atoms with Gasteiger partial charge in [-0.05, 0) is 63.5 Å². The number of hydrogen-bond acceptors (Lipinski definition) is 2. The van der Waals surface area contributed by atoms with Gasteiger partial charge in [0.2, 0.25) is 0 Å². The molecule has 2 aliphatic rings. The van der Waals surface area contributed by atoms with E-state index < -0.39 is 0 Å². The molecule has 0 saturated heterocycles. The first kappa shape index (κ1) is 14.3. The van der Waals surface area contributed by atoms with Crippen LogP contribution < -0.4 is 5.32 Å². The molecule has 2 nitrogen and oxygen atoms in total. The zero-order valence-corrected chi connectivity index (χ0v) is 12.9. The molecule has 1 N–H and O–H groups in total. The van der Waals surface area contributed by atoms with E-state index in [1.807, 2.05) is 0 Å².